The van der Waals surface area contributed by atoms with E-state index in [4.69, 9.17) is 5.26 Å². The Morgan fingerprint density at radius 3 is 2.78 bits per heavy atom. The highest BCUT2D eigenvalue weighted by Crippen LogP contribution is 2.48. The van der Waals surface area contributed by atoms with Gasteiger partial charge in [-0.15, -0.1) is 0 Å². The summed E-state index contributed by atoms with van der Waals surface area (Å²) in [7, 11) is 1.88. The molecule has 0 bridgehead atoms. The summed E-state index contributed by atoms with van der Waals surface area (Å²) in [5.74, 6) is 0.364. The van der Waals surface area contributed by atoms with Gasteiger partial charge in [0.1, 0.15) is 0 Å². The predicted octanol–water partition coefficient (Wildman–Crippen LogP) is 2.78. The van der Waals surface area contributed by atoms with E-state index < -0.39 is 0 Å². The van der Waals surface area contributed by atoms with Crippen LogP contribution in [0.5, 0.6) is 0 Å². The van der Waals surface area contributed by atoms with Crippen molar-refractivity contribution < 1.29 is 4.79 Å². The second-order valence-electron chi connectivity index (χ2n) is 6.13. The third-order valence-electron chi connectivity index (χ3n) is 4.32. The first kappa shape index (κ1) is 15.3. The summed E-state index contributed by atoms with van der Waals surface area (Å²) < 4.78 is 1.77. The summed E-state index contributed by atoms with van der Waals surface area (Å²) in [6, 6.07) is 10.0. The quantitative estimate of drug-likeness (QED) is 0.853. The molecule has 0 saturated heterocycles. The fourth-order valence-electron chi connectivity index (χ4n) is 2.92. The molecule has 118 valence electrons. The van der Waals surface area contributed by atoms with E-state index in [1.807, 2.05) is 50.6 Å². The first-order chi connectivity index (χ1) is 11.1. The van der Waals surface area contributed by atoms with Gasteiger partial charge in [0.2, 0.25) is 5.91 Å². The van der Waals surface area contributed by atoms with Crippen LogP contribution in [0.25, 0.3) is 0 Å². The fraction of sp³-hybridized carbons (Fsp3) is 0.389. The Kier molecular flexibility index (Phi) is 4.16. The molecule has 5 heteroatoms. The Bertz CT molecular complexity index is 741. The SMILES string of the molecule is Cc1ccc(N(CCC#N)C(=O)[C@H]2C[C@H]2c2cnn(C)c2)cc1. The average Bonchev–Trinajstić information content (AvgIpc) is 3.23. The lowest BCUT2D eigenvalue weighted by atomic mass is 10.1. The topological polar surface area (TPSA) is 61.9 Å². The van der Waals surface area contributed by atoms with Gasteiger partial charge >= 0.3 is 0 Å². The molecular formula is C18H20N4O. The highest BCUT2D eigenvalue weighted by atomic mass is 16.2. The lowest BCUT2D eigenvalue weighted by Crippen LogP contribution is -2.33. The number of hydrogen-bond donors (Lipinski definition) is 0. The molecule has 2 aromatic rings. The number of aromatic nitrogens is 2. The Morgan fingerprint density at radius 1 is 1.43 bits per heavy atom. The van der Waals surface area contributed by atoms with Gasteiger partial charge in [0.05, 0.1) is 18.7 Å². The van der Waals surface area contributed by atoms with Crippen LogP contribution in [-0.2, 0) is 11.8 Å². The van der Waals surface area contributed by atoms with Crippen molar-refractivity contribution >= 4 is 11.6 Å². The van der Waals surface area contributed by atoms with Crippen molar-refractivity contribution in [3.05, 3.63) is 47.8 Å². The van der Waals surface area contributed by atoms with Gasteiger partial charge in [0, 0.05) is 31.4 Å². The molecule has 1 saturated carbocycles. The molecule has 3 rings (SSSR count). The predicted molar refractivity (Wildman–Crippen MR) is 87.8 cm³/mol. The third-order valence-corrected chi connectivity index (χ3v) is 4.32. The van der Waals surface area contributed by atoms with Crippen molar-refractivity contribution in [3.63, 3.8) is 0 Å². The van der Waals surface area contributed by atoms with Crippen molar-refractivity contribution in [1.82, 2.24) is 9.78 Å². The fourth-order valence-corrected chi connectivity index (χ4v) is 2.92. The van der Waals surface area contributed by atoms with Gasteiger partial charge in [0.15, 0.2) is 0 Å². The highest BCUT2D eigenvalue weighted by molar-refractivity contribution is 5.97. The van der Waals surface area contributed by atoms with Crippen LogP contribution < -0.4 is 4.90 Å². The van der Waals surface area contributed by atoms with Crippen molar-refractivity contribution in [2.24, 2.45) is 13.0 Å². The average molecular weight is 308 g/mol. The molecule has 2 atom stereocenters. The van der Waals surface area contributed by atoms with E-state index in [2.05, 4.69) is 11.2 Å². The zero-order valence-corrected chi connectivity index (χ0v) is 13.4. The number of carbonyl (C=O) groups excluding carboxylic acids is 1. The summed E-state index contributed by atoms with van der Waals surface area (Å²) in [6.07, 6.45) is 5.01. The Hall–Kier alpha value is -2.61. The van der Waals surface area contributed by atoms with Crippen LogP contribution in [0, 0.1) is 24.2 Å². The van der Waals surface area contributed by atoms with Crippen molar-refractivity contribution in [2.75, 3.05) is 11.4 Å². The molecule has 23 heavy (non-hydrogen) atoms. The number of rotatable bonds is 5. The van der Waals surface area contributed by atoms with E-state index in [1.54, 1.807) is 9.58 Å². The van der Waals surface area contributed by atoms with Gasteiger partial charge in [-0.3, -0.25) is 9.48 Å². The van der Waals surface area contributed by atoms with E-state index in [-0.39, 0.29) is 17.7 Å². The minimum absolute atomic E-state index is 0.000745. The zero-order chi connectivity index (χ0) is 16.4. The van der Waals surface area contributed by atoms with E-state index in [0.717, 1.165) is 23.2 Å². The van der Waals surface area contributed by atoms with Crippen LogP contribution in [0.3, 0.4) is 0 Å². The van der Waals surface area contributed by atoms with Crippen LogP contribution in [-0.4, -0.2) is 22.2 Å². The van der Waals surface area contributed by atoms with Crippen molar-refractivity contribution in [3.8, 4) is 6.07 Å². The Balaban J connectivity index is 1.76. The number of anilines is 1. The van der Waals surface area contributed by atoms with Crippen molar-refractivity contribution in [1.29, 1.82) is 5.26 Å². The molecule has 0 spiro atoms. The molecule has 1 aliphatic rings. The summed E-state index contributed by atoms with van der Waals surface area (Å²) in [5.41, 5.74) is 3.14. The van der Waals surface area contributed by atoms with E-state index in [0.29, 0.717) is 13.0 Å². The summed E-state index contributed by atoms with van der Waals surface area (Å²) in [6.45, 7) is 2.46. The molecule has 1 aromatic carbocycles. The molecule has 1 heterocycles. The molecule has 1 aliphatic carbocycles. The Morgan fingerprint density at radius 2 is 2.17 bits per heavy atom. The number of carbonyl (C=O) groups is 1. The number of hydrogen-bond acceptors (Lipinski definition) is 3. The minimum atomic E-state index is -0.000745. The van der Waals surface area contributed by atoms with Gasteiger partial charge in [-0.1, -0.05) is 17.7 Å². The van der Waals surface area contributed by atoms with E-state index >= 15 is 0 Å². The molecule has 0 aliphatic heterocycles. The lowest BCUT2D eigenvalue weighted by molar-refractivity contribution is -0.119. The normalized spacial score (nSPS) is 19.2. The highest BCUT2D eigenvalue weighted by Gasteiger charge is 2.46. The number of nitrogens with zero attached hydrogens (tertiary/aromatic N) is 4. The van der Waals surface area contributed by atoms with Gasteiger partial charge in [-0.05, 0) is 37.0 Å². The monoisotopic (exact) mass is 308 g/mol. The maximum atomic E-state index is 12.9. The molecular weight excluding hydrogens is 288 g/mol. The molecule has 0 radical (unpaired) electrons. The number of aryl methyl sites for hydroxylation is 2. The summed E-state index contributed by atoms with van der Waals surface area (Å²) in [4.78, 5) is 14.6. The number of nitriles is 1. The van der Waals surface area contributed by atoms with Crippen LogP contribution in [0.15, 0.2) is 36.7 Å². The first-order valence-electron chi connectivity index (χ1n) is 7.83. The van der Waals surface area contributed by atoms with Crippen LogP contribution in [0.1, 0.15) is 29.9 Å². The van der Waals surface area contributed by atoms with Crippen LogP contribution >= 0.6 is 0 Å². The van der Waals surface area contributed by atoms with E-state index in [9.17, 15) is 4.79 Å². The largest absolute Gasteiger partial charge is 0.311 e. The molecule has 1 fully saturated rings. The Labute approximate surface area is 136 Å². The molecule has 1 aromatic heterocycles. The van der Waals surface area contributed by atoms with E-state index in [1.165, 1.54) is 0 Å². The maximum Gasteiger partial charge on any atom is 0.230 e. The number of amides is 1. The third kappa shape index (κ3) is 3.26. The molecule has 1 amide bonds. The number of benzene rings is 1. The van der Waals surface area contributed by atoms with Crippen molar-refractivity contribution in [2.45, 2.75) is 25.7 Å². The second kappa shape index (κ2) is 6.25. The molecule has 5 nitrogen and oxygen atoms in total. The van der Waals surface area contributed by atoms with Gasteiger partial charge < -0.3 is 4.90 Å². The van der Waals surface area contributed by atoms with Gasteiger partial charge in [-0.25, -0.2) is 0 Å². The summed E-state index contributed by atoms with van der Waals surface area (Å²) in [5, 5.41) is 13.1. The van der Waals surface area contributed by atoms with Crippen LogP contribution in [0.2, 0.25) is 0 Å². The summed E-state index contributed by atoms with van der Waals surface area (Å²) >= 11 is 0. The minimum Gasteiger partial charge on any atom is -0.311 e. The van der Waals surface area contributed by atoms with Crippen LogP contribution in [0.4, 0.5) is 5.69 Å². The standard InChI is InChI=1S/C18H20N4O/c1-13-4-6-15(7-5-13)22(9-3-8-19)18(23)17-10-16(17)14-11-20-21(2)12-14/h4-7,11-12,16-17H,3,9-10H2,1-2H3/t16-,17-/m0/s1. The van der Waals surface area contributed by atoms with Gasteiger partial charge in [0.25, 0.3) is 0 Å². The lowest BCUT2D eigenvalue weighted by Gasteiger charge is -2.22. The zero-order valence-electron chi connectivity index (χ0n) is 13.4. The van der Waals surface area contributed by atoms with Gasteiger partial charge in [-0.2, -0.15) is 10.4 Å². The first-order valence-corrected chi connectivity index (χ1v) is 7.83. The smallest absolute Gasteiger partial charge is 0.230 e. The molecule has 0 unspecified atom stereocenters. The molecule has 0 N–H and O–H groups in total. The maximum absolute atomic E-state index is 12.9. The second-order valence-corrected chi connectivity index (χ2v) is 6.13.